The third-order valence-corrected chi connectivity index (χ3v) is 3.47. The summed E-state index contributed by atoms with van der Waals surface area (Å²) in [7, 11) is 0. The first-order valence-electron chi connectivity index (χ1n) is 7.42. The van der Waals surface area contributed by atoms with Crippen LogP contribution in [0.15, 0.2) is 0 Å². The second-order valence-corrected chi connectivity index (χ2v) is 5.78. The summed E-state index contributed by atoms with van der Waals surface area (Å²) in [5.41, 5.74) is 0. The van der Waals surface area contributed by atoms with Crippen LogP contribution in [-0.4, -0.2) is 54.1 Å². The number of piperidine rings is 1. The number of urea groups is 1. The van der Waals surface area contributed by atoms with Gasteiger partial charge in [-0.15, -0.1) is 0 Å². The van der Waals surface area contributed by atoms with Gasteiger partial charge in [0.15, 0.2) is 0 Å². The summed E-state index contributed by atoms with van der Waals surface area (Å²) in [6, 6.07) is -0.226. The van der Waals surface area contributed by atoms with Crippen molar-refractivity contribution >= 4 is 17.9 Å². The van der Waals surface area contributed by atoms with Crippen molar-refractivity contribution in [2.45, 2.75) is 33.1 Å². The highest BCUT2D eigenvalue weighted by atomic mass is 16.4. The largest absolute Gasteiger partial charge is 0.481 e. The molecule has 1 heterocycles. The zero-order chi connectivity index (χ0) is 15.8. The van der Waals surface area contributed by atoms with Gasteiger partial charge in [0.05, 0.1) is 5.92 Å². The quantitative estimate of drug-likeness (QED) is 0.671. The summed E-state index contributed by atoms with van der Waals surface area (Å²) in [6.45, 7) is 5.85. The van der Waals surface area contributed by atoms with Gasteiger partial charge >= 0.3 is 12.0 Å². The van der Waals surface area contributed by atoms with Gasteiger partial charge in [-0.2, -0.15) is 0 Å². The molecule has 0 aromatic carbocycles. The molecule has 0 aliphatic carbocycles. The van der Waals surface area contributed by atoms with E-state index in [0.29, 0.717) is 44.9 Å². The summed E-state index contributed by atoms with van der Waals surface area (Å²) in [6.07, 6.45) is 1.22. The SMILES string of the molecule is CC(C)CNC(=O)CCNC(=O)N1CCC(C(=O)O)CC1. The van der Waals surface area contributed by atoms with E-state index < -0.39 is 5.97 Å². The summed E-state index contributed by atoms with van der Waals surface area (Å²) in [4.78, 5) is 35.8. The number of hydrogen-bond acceptors (Lipinski definition) is 3. The molecule has 3 amide bonds. The number of nitrogens with one attached hydrogen (secondary N) is 2. The first-order valence-corrected chi connectivity index (χ1v) is 7.42. The molecule has 120 valence electrons. The molecular weight excluding hydrogens is 274 g/mol. The zero-order valence-corrected chi connectivity index (χ0v) is 12.7. The van der Waals surface area contributed by atoms with E-state index in [1.165, 1.54) is 0 Å². The number of likely N-dealkylation sites (tertiary alicyclic amines) is 1. The van der Waals surface area contributed by atoms with Crippen LogP contribution in [0, 0.1) is 11.8 Å². The fourth-order valence-corrected chi connectivity index (χ4v) is 2.13. The normalized spacial score (nSPS) is 15.9. The Labute approximate surface area is 125 Å². The van der Waals surface area contributed by atoms with Crippen molar-refractivity contribution in [2.75, 3.05) is 26.2 Å². The molecule has 0 aromatic heterocycles. The Balaban J connectivity index is 2.17. The van der Waals surface area contributed by atoms with Gasteiger partial charge in [-0.05, 0) is 18.8 Å². The molecule has 1 rings (SSSR count). The second-order valence-electron chi connectivity index (χ2n) is 5.78. The van der Waals surface area contributed by atoms with Crippen LogP contribution in [0.3, 0.4) is 0 Å². The fourth-order valence-electron chi connectivity index (χ4n) is 2.13. The molecule has 1 fully saturated rings. The number of carboxylic acids is 1. The first-order chi connectivity index (χ1) is 9.90. The number of carbonyl (C=O) groups excluding carboxylic acids is 2. The molecule has 7 heteroatoms. The molecule has 0 radical (unpaired) electrons. The lowest BCUT2D eigenvalue weighted by Gasteiger charge is -2.30. The number of amides is 3. The van der Waals surface area contributed by atoms with Gasteiger partial charge in [0.2, 0.25) is 5.91 Å². The molecule has 3 N–H and O–H groups in total. The molecule has 1 saturated heterocycles. The van der Waals surface area contributed by atoms with Gasteiger partial charge in [-0.3, -0.25) is 9.59 Å². The Morgan fingerprint density at radius 2 is 1.81 bits per heavy atom. The zero-order valence-electron chi connectivity index (χ0n) is 12.7. The van der Waals surface area contributed by atoms with Gasteiger partial charge < -0.3 is 20.6 Å². The lowest BCUT2D eigenvalue weighted by Crippen LogP contribution is -2.46. The Kier molecular flexibility index (Phi) is 6.98. The molecule has 0 spiro atoms. The van der Waals surface area contributed by atoms with Gasteiger partial charge in [-0.25, -0.2) is 4.79 Å². The number of carboxylic acid groups (broad SMARTS) is 1. The van der Waals surface area contributed by atoms with E-state index in [4.69, 9.17) is 5.11 Å². The van der Waals surface area contributed by atoms with Crippen molar-refractivity contribution in [3.8, 4) is 0 Å². The maximum atomic E-state index is 11.9. The highest BCUT2D eigenvalue weighted by Gasteiger charge is 2.26. The number of rotatable bonds is 6. The molecule has 0 unspecified atom stereocenters. The van der Waals surface area contributed by atoms with E-state index in [2.05, 4.69) is 10.6 Å². The lowest BCUT2D eigenvalue weighted by atomic mass is 9.97. The minimum Gasteiger partial charge on any atom is -0.481 e. The molecular formula is C14H25N3O4. The monoisotopic (exact) mass is 299 g/mol. The number of aliphatic carboxylic acids is 1. The molecule has 21 heavy (non-hydrogen) atoms. The van der Waals surface area contributed by atoms with E-state index in [-0.39, 0.29) is 24.3 Å². The molecule has 1 aliphatic rings. The van der Waals surface area contributed by atoms with Crippen LogP contribution in [-0.2, 0) is 9.59 Å². The first kappa shape index (κ1) is 17.3. The molecule has 1 aliphatic heterocycles. The van der Waals surface area contributed by atoms with Crippen LogP contribution in [0.1, 0.15) is 33.1 Å². The van der Waals surface area contributed by atoms with Crippen molar-refractivity contribution < 1.29 is 19.5 Å². The van der Waals surface area contributed by atoms with E-state index in [9.17, 15) is 14.4 Å². The average Bonchev–Trinajstić information content (AvgIpc) is 2.45. The van der Waals surface area contributed by atoms with Crippen LogP contribution in [0.2, 0.25) is 0 Å². The topological polar surface area (TPSA) is 98.7 Å². The molecule has 0 atom stereocenters. The number of nitrogens with zero attached hydrogens (tertiary/aromatic N) is 1. The van der Waals surface area contributed by atoms with Crippen molar-refractivity contribution in [3.63, 3.8) is 0 Å². The third-order valence-electron chi connectivity index (χ3n) is 3.47. The third kappa shape index (κ3) is 6.46. The van der Waals surface area contributed by atoms with Crippen molar-refractivity contribution in [1.82, 2.24) is 15.5 Å². The Bertz CT molecular complexity index is 376. The fraction of sp³-hybridized carbons (Fsp3) is 0.786. The Hall–Kier alpha value is -1.79. The molecule has 7 nitrogen and oxygen atoms in total. The Morgan fingerprint density at radius 3 is 2.33 bits per heavy atom. The predicted octanol–water partition coefficient (Wildman–Crippen LogP) is 0.655. The van der Waals surface area contributed by atoms with Crippen LogP contribution >= 0.6 is 0 Å². The molecule has 0 saturated carbocycles. The van der Waals surface area contributed by atoms with Crippen molar-refractivity contribution in [3.05, 3.63) is 0 Å². The predicted molar refractivity (Wildman–Crippen MR) is 77.8 cm³/mol. The average molecular weight is 299 g/mol. The van der Waals surface area contributed by atoms with Crippen LogP contribution in [0.25, 0.3) is 0 Å². The minimum atomic E-state index is -0.795. The maximum Gasteiger partial charge on any atom is 0.317 e. The summed E-state index contributed by atoms with van der Waals surface area (Å²) >= 11 is 0. The van der Waals surface area contributed by atoms with Gasteiger partial charge in [0.25, 0.3) is 0 Å². The number of hydrogen-bond donors (Lipinski definition) is 3. The van der Waals surface area contributed by atoms with E-state index >= 15 is 0 Å². The van der Waals surface area contributed by atoms with E-state index in [0.717, 1.165) is 0 Å². The van der Waals surface area contributed by atoms with Crippen LogP contribution in [0.5, 0.6) is 0 Å². The van der Waals surface area contributed by atoms with Crippen molar-refractivity contribution in [1.29, 1.82) is 0 Å². The summed E-state index contributed by atoms with van der Waals surface area (Å²) < 4.78 is 0. The van der Waals surface area contributed by atoms with Gasteiger partial charge in [0.1, 0.15) is 0 Å². The van der Waals surface area contributed by atoms with Gasteiger partial charge in [0, 0.05) is 32.6 Å². The maximum absolute atomic E-state index is 11.9. The number of carbonyl (C=O) groups is 3. The highest BCUT2D eigenvalue weighted by molar-refractivity contribution is 5.78. The van der Waals surface area contributed by atoms with E-state index in [1.807, 2.05) is 13.8 Å². The van der Waals surface area contributed by atoms with Gasteiger partial charge in [-0.1, -0.05) is 13.8 Å². The van der Waals surface area contributed by atoms with Crippen molar-refractivity contribution in [2.24, 2.45) is 11.8 Å². The van der Waals surface area contributed by atoms with E-state index in [1.54, 1.807) is 4.90 Å². The van der Waals surface area contributed by atoms with Crippen LogP contribution in [0.4, 0.5) is 4.79 Å². The smallest absolute Gasteiger partial charge is 0.317 e. The molecule has 0 aromatic rings. The highest BCUT2D eigenvalue weighted by Crippen LogP contribution is 2.17. The standard InChI is InChI=1S/C14H25N3O4/c1-10(2)9-16-12(18)3-6-15-14(21)17-7-4-11(5-8-17)13(19)20/h10-11H,3-9H2,1-2H3,(H,15,21)(H,16,18)(H,19,20). The Morgan fingerprint density at radius 1 is 1.19 bits per heavy atom. The summed E-state index contributed by atoms with van der Waals surface area (Å²) in [5.74, 6) is -0.819. The van der Waals surface area contributed by atoms with Crippen LogP contribution < -0.4 is 10.6 Å². The summed E-state index contributed by atoms with van der Waals surface area (Å²) in [5, 5.41) is 14.4. The molecule has 0 bridgehead atoms. The second kappa shape index (κ2) is 8.49. The lowest BCUT2D eigenvalue weighted by molar-refractivity contribution is -0.143. The minimum absolute atomic E-state index is 0.0754.